The third-order valence-corrected chi connectivity index (χ3v) is 8.57. The van der Waals surface area contributed by atoms with E-state index in [1.165, 1.54) is 23.1 Å². The lowest BCUT2D eigenvalue weighted by Gasteiger charge is -2.54. The molecule has 2 heterocycles. The van der Waals surface area contributed by atoms with Crippen LogP contribution in [-0.2, 0) is 31.8 Å². The fraction of sp³-hybridized carbons (Fsp3) is 0.375. The molecule has 0 saturated carbocycles. The summed E-state index contributed by atoms with van der Waals surface area (Å²) in [5.74, 6) is -1.14. The molecule has 0 aliphatic carbocycles. The molecule has 4 rings (SSSR count). The highest BCUT2D eigenvalue weighted by molar-refractivity contribution is 7.82. The molecule has 4 atom stereocenters. The predicted molar refractivity (Wildman–Crippen MR) is 134 cm³/mol. The second-order valence-corrected chi connectivity index (χ2v) is 11.2. The molecule has 0 radical (unpaired) electrons. The Morgan fingerprint density at radius 2 is 1.81 bits per heavy atom. The van der Waals surface area contributed by atoms with Crippen molar-refractivity contribution in [3.05, 3.63) is 63.9 Å². The van der Waals surface area contributed by atoms with Crippen molar-refractivity contribution >= 4 is 52.4 Å². The zero-order chi connectivity index (χ0) is 26.1. The van der Waals surface area contributed by atoms with E-state index in [1.807, 2.05) is 13.8 Å². The van der Waals surface area contributed by atoms with Crippen LogP contribution in [0.4, 0.5) is 4.39 Å². The highest BCUT2D eigenvalue weighted by Crippen LogP contribution is 2.33. The number of benzene rings is 2. The number of hydrogen-bond donors (Lipinski definition) is 1. The fourth-order valence-corrected chi connectivity index (χ4v) is 6.53. The van der Waals surface area contributed by atoms with Crippen molar-refractivity contribution in [2.45, 2.75) is 49.5 Å². The van der Waals surface area contributed by atoms with Gasteiger partial charge in [-0.05, 0) is 49.7 Å². The van der Waals surface area contributed by atoms with Crippen molar-refractivity contribution in [3.63, 3.8) is 0 Å². The number of carbonyl (C=O) groups is 3. The predicted octanol–water partition coefficient (Wildman–Crippen LogP) is 2.60. The molecule has 0 spiro atoms. The van der Waals surface area contributed by atoms with Gasteiger partial charge in [-0.3, -0.25) is 14.4 Å². The summed E-state index contributed by atoms with van der Waals surface area (Å²) in [6.07, 6.45) is -0.221. The number of halogens is 3. The van der Waals surface area contributed by atoms with Gasteiger partial charge in [-0.1, -0.05) is 35.3 Å². The van der Waals surface area contributed by atoms with Gasteiger partial charge in [0.2, 0.25) is 18.2 Å². The average Bonchev–Trinajstić information content (AvgIpc) is 2.83. The van der Waals surface area contributed by atoms with Gasteiger partial charge in [-0.25, -0.2) is 8.60 Å². The monoisotopic (exact) mass is 554 g/mol. The molecular weight excluding hydrogens is 530 g/mol. The highest BCUT2D eigenvalue weighted by atomic mass is 35.5. The molecule has 2 aromatic carbocycles. The second kappa shape index (κ2) is 10.8. The third kappa shape index (κ3) is 5.13. The number of piperazine rings is 1. The molecule has 1 N–H and O–H groups in total. The summed E-state index contributed by atoms with van der Waals surface area (Å²) in [5.41, 5.74) is 0.658. The molecule has 3 amide bonds. The Morgan fingerprint density at radius 1 is 1.11 bits per heavy atom. The van der Waals surface area contributed by atoms with Crippen molar-refractivity contribution in [1.29, 1.82) is 0 Å². The Bertz CT molecular complexity index is 1200. The topological polar surface area (TPSA) is 90.0 Å². The van der Waals surface area contributed by atoms with Crippen molar-refractivity contribution in [2.24, 2.45) is 0 Å². The first-order valence-corrected chi connectivity index (χ1v) is 13.2. The summed E-state index contributed by atoms with van der Waals surface area (Å²) in [6.45, 7) is 3.79. The van der Waals surface area contributed by atoms with Crippen LogP contribution in [-0.4, -0.2) is 73.9 Å². The van der Waals surface area contributed by atoms with Gasteiger partial charge in [0.1, 0.15) is 35.1 Å². The van der Waals surface area contributed by atoms with Crippen LogP contribution in [0.2, 0.25) is 10.0 Å². The van der Waals surface area contributed by atoms with Gasteiger partial charge < -0.3 is 15.1 Å². The largest absolute Gasteiger partial charge is 0.346 e. The van der Waals surface area contributed by atoms with Crippen LogP contribution in [0.5, 0.6) is 0 Å². The van der Waals surface area contributed by atoms with Crippen molar-refractivity contribution in [3.8, 4) is 0 Å². The second-order valence-electron chi connectivity index (χ2n) is 8.92. The summed E-state index contributed by atoms with van der Waals surface area (Å²) in [6, 6.07) is 8.14. The normalized spacial score (nSPS) is 23.6. The van der Waals surface area contributed by atoms with Crippen LogP contribution >= 0.6 is 23.2 Å². The molecule has 8 nitrogen and oxygen atoms in total. The van der Waals surface area contributed by atoms with Crippen LogP contribution in [0, 0.1) is 5.82 Å². The highest BCUT2D eigenvalue weighted by Gasteiger charge is 2.52. The Kier molecular flexibility index (Phi) is 7.99. The first kappa shape index (κ1) is 26.5. The molecule has 2 fully saturated rings. The van der Waals surface area contributed by atoms with Gasteiger partial charge in [0.05, 0.1) is 16.5 Å². The van der Waals surface area contributed by atoms with E-state index in [9.17, 15) is 23.0 Å². The maximum absolute atomic E-state index is 13.8. The van der Waals surface area contributed by atoms with E-state index < -0.39 is 41.0 Å². The third-order valence-electron chi connectivity index (χ3n) is 6.36. The van der Waals surface area contributed by atoms with Crippen LogP contribution in [0.1, 0.15) is 19.4 Å². The van der Waals surface area contributed by atoms with Gasteiger partial charge in [-0.15, -0.1) is 0 Å². The molecule has 2 aliphatic rings. The van der Waals surface area contributed by atoms with Crippen molar-refractivity contribution < 1.29 is 23.0 Å². The molecule has 12 heteroatoms. The number of hydrogen-bond acceptors (Lipinski definition) is 4. The number of carbonyl (C=O) groups excluding carboxylic acids is 3. The summed E-state index contributed by atoms with van der Waals surface area (Å²) in [7, 11) is -1.85. The van der Waals surface area contributed by atoms with Crippen molar-refractivity contribution in [2.75, 3.05) is 13.1 Å². The number of rotatable bonds is 7. The van der Waals surface area contributed by atoms with Gasteiger partial charge in [0.25, 0.3) is 0 Å². The van der Waals surface area contributed by atoms with Crippen LogP contribution in [0.15, 0.2) is 47.4 Å². The fourth-order valence-electron chi connectivity index (χ4n) is 4.58. The van der Waals surface area contributed by atoms with E-state index in [0.717, 1.165) is 0 Å². The zero-order valence-corrected chi connectivity index (χ0v) is 21.9. The molecule has 2 aromatic rings. The molecule has 0 bridgehead atoms. The Hall–Kier alpha value is -2.53. The summed E-state index contributed by atoms with van der Waals surface area (Å²) in [5, 5.41) is 3.07. The standard InChI is InChI=1S/C24H25Cl2FN4O4S/c1-14(2)29-12-22-30(36(35)21-8-5-16(25)10-18(21)26)11-19(28-13-32)23(33)31(22)20(24(29)34)9-15-3-6-17(27)7-4-15/h3-8,10,13-14,19-20,22H,9,11-12H2,1-2H3,(H,28,32). The first-order valence-electron chi connectivity index (χ1n) is 11.3. The van der Waals surface area contributed by atoms with Crippen LogP contribution in [0.25, 0.3) is 0 Å². The Balaban J connectivity index is 1.78. The molecule has 192 valence electrons. The summed E-state index contributed by atoms with van der Waals surface area (Å²) >= 11 is 12.4. The molecule has 4 unspecified atom stereocenters. The van der Waals surface area contributed by atoms with E-state index in [1.54, 1.807) is 33.5 Å². The van der Waals surface area contributed by atoms with E-state index >= 15 is 0 Å². The number of nitrogens with zero attached hydrogens (tertiary/aromatic N) is 3. The van der Waals surface area contributed by atoms with Gasteiger partial charge in [0, 0.05) is 24.0 Å². The summed E-state index contributed by atoms with van der Waals surface area (Å²) in [4.78, 5) is 41.8. The van der Waals surface area contributed by atoms with E-state index in [4.69, 9.17) is 23.2 Å². The Morgan fingerprint density at radius 3 is 2.42 bits per heavy atom. The lowest BCUT2D eigenvalue weighted by atomic mass is 9.96. The van der Waals surface area contributed by atoms with E-state index in [-0.39, 0.29) is 36.5 Å². The lowest BCUT2D eigenvalue weighted by Crippen LogP contribution is -2.75. The molecule has 36 heavy (non-hydrogen) atoms. The first-order chi connectivity index (χ1) is 17.1. The average molecular weight is 555 g/mol. The Labute approximate surface area is 220 Å². The zero-order valence-electron chi connectivity index (χ0n) is 19.6. The minimum Gasteiger partial charge on any atom is -0.346 e. The SMILES string of the molecule is CC(C)N1CC2N(C(=O)C(NC=O)CN2S(=O)c2ccc(Cl)cc2Cl)C(Cc2ccc(F)cc2)C1=O. The molecule has 2 aliphatic heterocycles. The van der Waals surface area contributed by atoms with Crippen molar-refractivity contribution in [1.82, 2.24) is 19.4 Å². The molecule has 0 aromatic heterocycles. The lowest BCUT2D eigenvalue weighted by molar-refractivity contribution is -0.168. The molecular formula is C24H25Cl2FN4O4S. The van der Waals surface area contributed by atoms with E-state index in [2.05, 4.69) is 5.32 Å². The minimum absolute atomic E-state index is 0.0479. The number of fused-ring (bicyclic) bond motifs is 1. The van der Waals surface area contributed by atoms with Gasteiger partial charge in [-0.2, -0.15) is 4.31 Å². The minimum atomic E-state index is -1.85. The summed E-state index contributed by atoms with van der Waals surface area (Å²) < 4.78 is 28.9. The van der Waals surface area contributed by atoms with E-state index in [0.29, 0.717) is 21.9 Å². The van der Waals surface area contributed by atoms with Crippen LogP contribution < -0.4 is 5.32 Å². The quantitative estimate of drug-likeness (QED) is 0.532. The van der Waals surface area contributed by atoms with Gasteiger partial charge in [0.15, 0.2) is 0 Å². The van der Waals surface area contributed by atoms with Crippen LogP contribution in [0.3, 0.4) is 0 Å². The number of nitrogens with one attached hydrogen (secondary N) is 1. The smallest absolute Gasteiger partial charge is 0.248 e. The molecule has 2 saturated heterocycles. The maximum Gasteiger partial charge on any atom is 0.248 e. The van der Waals surface area contributed by atoms with Gasteiger partial charge >= 0.3 is 0 Å². The number of amides is 3. The maximum atomic E-state index is 13.8.